The third-order valence-electron chi connectivity index (χ3n) is 2.97. The summed E-state index contributed by atoms with van der Waals surface area (Å²) in [5.74, 6) is 0. The fraction of sp³-hybridized carbons (Fsp3) is 0.188. The molecule has 0 unspecified atom stereocenters. The van der Waals surface area contributed by atoms with Crippen molar-refractivity contribution in [2.45, 2.75) is 20.4 Å². The maximum absolute atomic E-state index is 5.95. The number of hydrogen-bond acceptors (Lipinski definition) is 1. The zero-order valence-electron chi connectivity index (χ0n) is 11.5. The summed E-state index contributed by atoms with van der Waals surface area (Å²) in [5, 5.41) is 7.73. The molecule has 2 aromatic carbocycles. The Morgan fingerprint density at radius 3 is 2.65 bits per heavy atom. The van der Waals surface area contributed by atoms with Crippen molar-refractivity contribution in [3.63, 3.8) is 0 Å². The third-order valence-corrected chi connectivity index (χ3v) is 3.45. The standard InChI is InChI=1S/C16H17ClN2S/c1-11-6-7-15(12(2)8-11)19-16(20)18-10-13-4-3-5-14(17)9-13/h3-9H,10H2,1-2H3,(H2,18,19,20). The molecule has 2 N–H and O–H groups in total. The molecule has 0 spiro atoms. The molecular weight excluding hydrogens is 288 g/mol. The van der Waals surface area contributed by atoms with E-state index in [0.29, 0.717) is 11.7 Å². The molecule has 0 aromatic heterocycles. The molecule has 0 saturated carbocycles. The fourth-order valence-corrected chi connectivity index (χ4v) is 2.34. The van der Waals surface area contributed by atoms with Crippen molar-refractivity contribution in [2.75, 3.05) is 5.32 Å². The quantitative estimate of drug-likeness (QED) is 0.820. The van der Waals surface area contributed by atoms with Gasteiger partial charge >= 0.3 is 0 Å². The van der Waals surface area contributed by atoms with Gasteiger partial charge < -0.3 is 10.6 Å². The van der Waals surface area contributed by atoms with E-state index in [-0.39, 0.29) is 0 Å². The highest BCUT2D eigenvalue weighted by atomic mass is 35.5. The Hall–Kier alpha value is -1.58. The average molecular weight is 305 g/mol. The lowest BCUT2D eigenvalue weighted by molar-refractivity contribution is 0.926. The Morgan fingerprint density at radius 1 is 1.15 bits per heavy atom. The maximum atomic E-state index is 5.95. The van der Waals surface area contributed by atoms with Crippen LogP contribution in [0.4, 0.5) is 5.69 Å². The van der Waals surface area contributed by atoms with Gasteiger partial charge in [0.05, 0.1) is 0 Å². The molecule has 20 heavy (non-hydrogen) atoms. The number of rotatable bonds is 3. The lowest BCUT2D eigenvalue weighted by Crippen LogP contribution is -2.28. The molecule has 2 aromatic rings. The van der Waals surface area contributed by atoms with E-state index in [2.05, 4.69) is 36.6 Å². The van der Waals surface area contributed by atoms with Crippen LogP contribution in [-0.4, -0.2) is 5.11 Å². The highest BCUT2D eigenvalue weighted by molar-refractivity contribution is 7.80. The van der Waals surface area contributed by atoms with Gasteiger partial charge in [-0.1, -0.05) is 41.4 Å². The topological polar surface area (TPSA) is 24.1 Å². The zero-order valence-corrected chi connectivity index (χ0v) is 13.1. The largest absolute Gasteiger partial charge is 0.358 e. The Balaban J connectivity index is 1.92. The summed E-state index contributed by atoms with van der Waals surface area (Å²) in [4.78, 5) is 0. The van der Waals surface area contributed by atoms with Crippen LogP contribution in [0.25, 0.3) is 0 Å². The van der Waals surface area contributed by atoms with Crippen molar-refractivity contribution in [1.29, 1.82) is 0 Å². The van der Waals surface area contributed by atoms with Crippen LogP contribution in [0.5, 0.6) is 0 Å². The van der Waals surface area contributed by atoms with Crippen molar-refractivity contribution in [3.05, 3.63) is 64.2 Å². The number of aryl methyl sites for hydroxylation is 2. The molecule has 2 nitrogen and oxygen atoms in total. The first-order valence-corrected chi connectivity index (χ1v) is 7.20. The summed E-state index contributed by atoms with van der Waals surface area (Å²) in [6, 6.07) is 14.0. The molecule has 0 bridgehead atoms. The van der Waals surface area contributed by atoms with Crippen molar-refractivity contribution in [2.24, 2.45) is 0 Å². The molecule has 2 rings (SSSR count). The first kappa shape index (κ1) is 14.8. The lowest BCUT2D eigenvalue weighted by atomic mass is 10.1. The van der Waals surface area contributed by atoms with Crippen molar-refractivity contribution < 1.29 is 0 Å². The Morgan fingerprint density at radius 2 is 1.95 bits per heavy atom. The molecule has 0 heterocycles. The summed E-state index contributed by atoms with van der Waals surface area (Å²) < 4.78 is 0. The Kier molecular flexibility index (Phi) is 4.99. The van der Waals surface area contributed by atoms with Crippen LogP contribution in [0.3, 0.4) is 0 Å². The van der Waals surface area contributed by atoms with Crippen LogP contribution in [0.1, 0.15) is 16.7 Å². The summed E-state index contributed by atoms with van der Waals surface area (Å²) in [7, 11) is 0. The number of halogens is 1. The SMILES string of the molecule is Cc1ccc(NC(=S)NCc2cccc(Cl)c2)c(C)c1. The molecule has 0 atom stereocenters. The van der Waals surface area contributed by atoms with E-state index >= 15 is 0 Å². The number of nitrogens with one attached hydrogen (secondary N) is 2. The number of thiocarbonyl (C=S) groups is 1. The van der Waals surface area contributed by atoms with Gasteiger partial charge in [-0.15, -0.1) is 0 Å². The van der Waals surface area contributed by atoms with E-state index in [4.69, 9.17) is 23.8 Å². The van der Waals surface area contributed by atoms with Gasteiger partial charge in [-0.3, -0.25) is 0 Å². The predicted octanol–water partition coefficient (Wildman–Crippen LogP) is 4.44. The second-order valence-corrected chi connectivity index (χ2v) is 5.60. The van der Waals surface area contributed by atoms with E-state index in [1.54, 1.807) is 0 Å². The first-order valence-electron chi connectivity index (χ1n) is 6.41. The smallest absolute Gasteiger partial charge is 0.171 e. The number of anilines is 1. The van der Waals surface area contributed by atoms with Crippen molar-refractivity contribution >= 4 is 34.6 Å². The Labute approximate surface area is 130 Å². The van der Waals surface area contributed by atoms with Gasteiger partial charge in [0, 0.05) is 17.3 Å². The van der Waals surface area contributed by atoms with Crippen molar-refractivity contribution in [1.82, 2.24) is 5.32 Å². The van der Waals surface area contributed by atoms with E-state index in [0.717, 1.165) is 16.3 Å². The Bertz CT molecular complexity index is 626. The molecular formula is C16H17ClN2S. The van der Waals surface area contributed by atoms with Gasteiger partial charge in [-0.2, -0.15) is 0 Å². The normalized spacial score (nSPS) is 10.2. The van der Waals surface area contributed by atoms with E-state index in [1.165, 1.54) is 11.1 Å². The summed E-state index contributed by atoms with van der Waals surface area (Å²) >= 11 is 11.3. The molecule has 0 saturated heterocycles. The van der Waals surface area contributed by atoms with Crippen LogP contribution in [0, 0.1) is 13.8 Å². The van der Waals surface area contributed by atoms with E-state index < -0.39 is 0 Å². The predicted molar refractivity (Wildman–Crippen MR) is 90.4 cm³/mol. The van der Waals surface area contributed by atoms with Crippen LogP contribution >= 0.6 is 23.8 Å². The lowest BCUT2D eigenvalue weighted by Gasteiger charge is -2.13. The highest BCUT2D eigenvalue weighted by Gasteiger charge is 2.01. The summed E-state index contributed by atoms with van der Waals surface area (Å²) in [6.45, 7) is 4.79. The maximum Gasteiger partial charge on any atom is 0.171 e. The van der Waals surface area contributed by atoms with Crippen molar-refractivity contribution in [3.8, 4) is 0 Å². The molecule has 0 aliphatic heterocycles. The fourth-order valence-electron chi connectivity index (χ4n) is 1.95. The molecule has 0 amide bonds. The van der Waals surface area contributed by atoms with Gasteiger partial charge in [0.25, 0.3) is 0 Å². The van der Waals surface area contributed by atoms with Gasteiger partial charge in [0.1, 0.15) is 0 Å². The van der Waals surface area contributed by atoms with Gasteiger partial charge in [0.2, 0.25) is 0 Å². The second-order valence-electron chi connectivity index (χ2n) is 4.76. The number of benzene rings is 2. The summed E-state index contributed by atoms with van der Waals surface area (Å²) in [6.07, 6.45) is 0. The summed E-state index contributed by atoms with van der Waals surface area (Å²) in [5.41, 5.74) is 4.55. The minimum absolute atomic E-state index is 0.608. The first-order chi connectivity index (χ1) is 9.54. The van der Waals surface area contributed by atoms with Gasteiger partial charge in [0.15, 0.2) is 5.11 Å². The molecule has 0 fully saturated rings. The van der Waals surface area contributed by atoms with Crippen LogP contribution in [0.15, 0.2) is 42.5 Å². The second kappa shape index (κ2) is 6.73. The monoisotopic (exact) mass is 304 g/mol. The molecule has 0 radical (unpaired) electrons. The van der Waals surface area contributed by atoms with Gasteiger partial charge in [-0.05, 0) is 55.4 Å². The van der Waals surface area contributed by atoms with Crippen LogP contribution in [-0.2, 0) is 6.54 Å². The molecule has 0 aliphatic carbocycles. The average Bonchev–Trinajstić information content (AvgIpc) is 2.40. The zero-order chi connectivity index (χ0) is 14.5. The van der Waals surface area contributed by atoms with Gasteiger partial charge in [-0.25, -0.2) is 0 Å². The van der Waals surface area contributed by atoms with Crippen LogP contribution in [0.2, 0.25) is 5.02 Å². The highest BCUT2D eigenvalue weighted by Crippen LogP contribution is 2.16. The number of hydrogen-bond donors (Lipinski definition) is 2. The molecule has 104 valence electrons. The minimum atomic E-state index is 0.608. The van der Waals surface area contributed by atoms with Crippen LogP contribution < -0.4 is 10.6 Å². The molecule has 0 aliphatic rings. The minimum Gasteiger partial charge on any atom is -0.358 e. The molecule has 4 heteroatoms. The van der Waals surface area contributed by atoms with E-state index in [1.807, 2.05) is 30.3 Å². The third kappa shape index (κ3) is 4.22. The van der Waals surface area contributed by atoms with E-state index in [9.17, 15) is 0 Å².